The van der Waals surface area contributed by atoms with Gasteiger partial charge in [-0.1, -0.05) is 36.4 Å². The quantitative estimate of drug-likeness (QED) is 0.495. The van der Waals surface area contributed by atoms with E-state index in [2.05, 4.69) is 9.97 Å². The lowest BCUT2D eigenvalue weighted by atomic mass is 9.97. The van der Waals surface area contributed by atoms with Crippen molar-refractivity contribution in [3.63, 3.8) is 0 Å². The van der Waals surface area contributed by atoms with Gasteiger partial charge in [0.25, 0.3) is 0 Å². The van der Waals surface area contributed by atoms with Gasteiger partial charge in [-0.3, -0.25) is 4.79 Å². The Kier molecular flexibility index (Phi) is 4.91. The van der Waals surface area contributed by atoms with E-state index in [4.69, 9.17) is 0 Å². The van der Waals surface area contributed by atoms with Crippen LogP contribution in [0.3, 0.4) is 0 Å². The molecular formula is C23H20N2O4S. The Morgan fingerprint density at radius 1 is 1.03 bits per heavy atom. The summed E-state index contributed by atoms with van der Waals surface area (Å²) in [6.45, 7) is 1.66. The van der Waals surface area contributed by atoms with Crippen molar-refractivity contribution in [2.75, 3.05) is 6.26 Å². The highest BCUT2D eigenvalue weighted by Gasteiger charge is 2.15. The summed E-state index contributed by atoms with van der Waals surface area (Å²) in [5.41, 5.74) is 4.91. The number of carbonyl (C=O) groups is 1. The van der Waals surface area contributed by atoms with Gasteiger partial charge in [-0.25, -0.2) is 13.4 Å². The number of carboxylic acid groups (broad SMARTS) is 1. The molecule has 0 fully saturated rings. The number of rotatable bonds is 5. The first-order chi connectivity index (χ1) is 14.2. The van der Waals surface area contributed by atoms with Crippen molar-refractivity contribution in [2.45, 2.75) is 17.7 Å². The lowest BCUT2D eigenvalue weighted by Gasteiger charge is -2.08. The van der Waals surface area contributed by atoms with E-state index >= 15 is 0 Å². The van der Waals surface area contributed by atoms with E-state index in [1.165, 1.54) is 6.26 Å². The number of nitrogens with zero attached hydrogens (tertiary/aromatic N) is 1. The fraction of sp³-hybridized carbons (Fsp3) is 0.130. The molecule has 0 aliphatic heterocycles. The Bertz CT molecular complexity index is 1360. The number of hydrogen-bond acceptors (Lipinski definition) is 4. The molecule has 152 valence electrons. The standard InChI is InChI=1S/C23H20N2O4S/c1-14(23(26)27)15-6-8-16(9-7-15)21-13-25-22-20(21)11-18(12-24-22)17-4-3-5-19(10-17)30(2,28)29/h3-14H,1-2H3,(H,24,25)(H,26,27). The number of aromatic nitrogens is 2. The van der Waals surface area contributed by atoms with Crippen molar-refractivity contribution in [3.8, 4) is 22.3 Å². The van der Waals surface area contributed by atoms with Crippen LogP contribution in [-0.2, 0) is 14.6 Å². The molecule has 0 aliphatic rings. The maximum absolute atomic E-state index is 11.9. The average Bonchev–Trinajstić information content (AvgIpc) is 3.16. The molecule has 4 rings (SSSR count). The first kappa shape index (κ1) is 19.8. The van der Waals surface area contributed by atoms with Crippen molar-refractivity contribution in [3.05, 3.63) is 72.6 Å². The van der Waals surface area contributed by atoms with E-state index < -0.39 is 21.7 Å². The normalized spacial score (nSPS) is 12.7. The number of pyridine rings is 1. The Balaban J connectivity index is 1.77. The maximum Gasteiger partial charge on any atom is 0.310 e. The van der Waals surface area contributed by atoms with Crippen molar-refractivity contribution in [1.82, 2.24) is 9.97 Å². The molecule has 1 unspecified atom stereocenters. The molecule has 0 radical (unpaired) electrons. The van der Waals surface area contributed by atoms with E-state index in [1.807, 2.05) is 42.6 Å². The van der Waals surface area contributed by atoms with Gasteiger partial charge in [0.05, 0.1) is 10.8 Å². The third kappa shape index (κ3) is 3.71. The van der Waals surface area contributed by atoms with Crippen LogP contribution in [0.2, 0.25) is 0 Å². The van der Waals surface area contributed by atoms with E-state index in [9.17, 15) is 18.3 Å². The predicted molar refractivity (Wildman–Crippen MR) is 116 cm³/mol. The third-order valence-corrected chi connectivity index (χ3v) is 6.33. The number of H-pyrrole nitrogens is 1. The van der Waals surface area contributed by atoms with Crippen LogP contribution in [0.5, 0.6) is 0 Å². The molecule has 0 spiro atoms. The minimum atomic E-state index is -3.30. The number of carboxylic acids is 1. The number of fused-ring (bicyclic) bond motifs is 1. The van der Waals surface area contributed by atoms with Crippen LogP contribution in [0.1, 0.15) is 18.4 Å². The highest BCUT2D eigenvalue weighted by Crippen LogP contribution is 2.32. The second kappa shape index (κ2) is 7.42. The van der Waals surface area contributed by atoms with Gasteiger partial charge in [0.15, 0.2) is 9.84 Å². The highest BCUT2D eigenvalue weighted by molar-refractivity contribution is 7.90. The summed E-state index contributed by atoms with van der Waals surface area (Å²) in [7, 11) is -3.30. The second-order valence-electron chi connectivity index (χ2n) is 7.30. The molecule has 7 heteroatoms. The SMILES string of the molecule is CC(C(=O)O)c1ccc(-c2c[nH]c3ncc(-c4cccc(S(C)(=O)=O)c4)cc23)cc1. The van der Waals surface area contributed by atoms with Gasteiger partial charge >= 0.3 is 5.97 Å². The zero-order valence-corrected chi connectivity index (χ0v) is 17.3. The van der Waals surface area contributed by atoms with Gasteiger partial charge in [-0.15, -0.1) is 0 Å². The molecular weight excluding hydrogens is 400 g/mol. The van der Waals surface area contributed by atoms with Crippen LogP contribution in [0.25, 0.3) is 33.3 Å². The number of sulfone groups is 1. The summed E-state index contributed by atoms with van der Waals surface area (Å²) in [6, 6.07) is 16.2. The molecule has 0 saturated carbocycles. The lowest BCUT2D eigenvalue weighted by molar-refractivity contribution is -0.138. The average molecular weight is 420 g/mol. The van der Waals surface area contributed by atoms with Crippen LogP contribution >= 0.6 is 0 Å². The van der Waals surface area contributed by atoms with Crippen LogP contribution in [0, 0.1) is 0 Å². The highest BCUT2D eigenvalue weighted by atomic mass is 32.2. The first-order valence-corrected chi connectivity index (χ1v) is 11.2. The van der Waals surface area contributed by atoms with E-state index in [-0.39, 0.29) is 4.90 Å². The molecule has 2 heterocycles. The Morgan fingerprint density at radius 2 is 1.77 bits per heavy atom. The minimum Gasteiger partial charge on any atom is -0.481 e. The van der Waals surface area contributed by atoms with Gasteiger partial charge in [0.1, 0.15) is 5.65 Å². The topological polar surface area (TPSA) is 100 Å². The molecule has 0 bridgehead atoms. The lowest BCUT2D eigenvalue weighted by Crippen LogP contribution is -2.06. The molecule has 1 atom stereocenters. The van der Waals surface area contributed by atoms with Crippen LogP contribution < -0.4 is 0 Å². The van der Waals surface area contributed by atoms with Gasteiger partial charge in [0, 0.05) is 35.2 Å². The number of aromatic amines is 1. The Labute approximate surface area is 174 Å². The smallest absolute Gasteiger partial charge is 0.310 e. The maximum atomic E-state index is 11.9. The number of aliphatic carboxylic acids is 1. The molecule has 0 aliphatic carbocycles. The summed E-state index contributed by atoms with van der Waals surface area (Å²) in [6.07, 6.45) is 4.76. The van der Waals surface area contributed by atoms with Gasteiger partial charge in [-0.05, 0) is 41.8 Å². The van der Waals surface area contributed by atoms with Gasteiger partial charge in [-0.2, -0.15) is 0 Å². The Hall–Kier alpha value is -3.45. The largest absolute Gasteiger partial charge is 0.481 e. The monoisotopic (exact) mass is 420 g/mol. The number of nitrogens with one attached hydrogen (secondary N) is 1. The van der Waals surface area contributed by atoms with Crippen LogP contribution in [-0.4, -0.2) is 35.7 Å². The summed E-state index contributed by atoms with van der Waals surface area (Å²) in [5.74, 6) is -1.43. The van der Waals surface area contributed by atoms with Gasteiger partial charge in [0.2, 0.25) is 0 Å². The summed E-state index contributed by atoms with van der Waals surface area (Å²) in [5, 5.41) is 10.1. The molecule has 2 N–H and O–H groups in total. The summed E-state index contributed by atoms with van der Waals surface area (Å²) >= 11 is 0. The van der Waals surface area contributed by atoms with E-state index in [0.717, 1.165) is 38.9 Å². The van der Waals surface area contributed by atoms with Gasteiger partial charge < -0.3 is 10.1 Å². The number of benzene rings is 2. The van der Waals surface area contributed by atoms with Crippen molar-refractivity contribution in [1.29, 1.82) is 0 Å². The van der Waals surface area contributed by atoms with Crippen molar-refractivity contribution in [2.24, 2.45) is 0 Å². The second-order valence-corrected chi connectivity index (χ2v) is 9.32. The summed E-state index contributed by atoms with van der Waals surface area (Å²) < 4.78 is 23.8. The zero-order valence-electron chi connectivity index (χ0n) is 16.5. The molecule has 4 aromatic rings. The summed E-state index contributed by atoms with van der Waals surface area (Å²) in [4.78, 5) is 19.1. The predicted octanol–water partition coefficient (Wildman–Crippen LogP) is 4.49. The van der Waals surface area contributed by atoms with Crippen LogP contribution in [0.15, 0.2) is 71.9 Å². The number of hydrogen-bond donors (Lipinski definition) is 2. The molecule has 2 aromatic carbocycles. The first-order valence-electron chi connectivity index (χ1n) is 9.35. The molecule has 0 saturated heterocycles. The van der Waals surface area contributed by atoms with Crippen molar-refractivity contribution < 1.29 is 18.3 Å². The zero-order chi connectivity index (χ0) is 21.5. The van der Waals surface area contributed by atoms with E-state index in [1.54, 1.807) is 31.3 Å². The fourth-order valence-electron chi connectivity index (χ4n) is 3.40. The van der Waals surface area contributed by atoms with E-state index in [0.29, 0.717) is 0 Å². The minimum absolute atomic E-state index is 0.262. The Morgan fingerprint density at radius 3 is 2.43 bits per heavy atom. The fourth-order valence-corrected chi connectivity index (χ4v) is 4.07. The molecule has 0 amide bonds. The van der Waals surface area contributed by atoms with Crippen molar-refractivity contribution >= 4 is 26.8 Å². The molecule has 2 aromatic heterocycles. The molecule has 6 nitrogen and oxygen atoms in total. The molecule has 30 heavy (non-hydrogen) atoms. The van der Waals surface area contributed by atoms with Crippen LogP contribution in [0.4, 0.5) is 0 Å². The third-order valence-electron chi connectivity index (χ3n) is 5.22.